The molecule has 6 nitrogen and oxygen atoms in total. The van der Waals surface area contributed by atoms with Crippen LogP contribution in [0.25, 0.3) is 23.3 Å². The van der Waals surface area contributed by atoms with Crippen LogP contribution in [0.4, 0.5) is 0 Å². The van der Waals surface area contributed by atoms with Gasteiger partial charge in [0.1, 0.15) is 24.7 Å². The second kappa shape index (κ2) is 15.2. The third kappa shape index (κ3) is 7.34. The van der Waals surface area contributed by atoms with Crippen molar-refractivity contribution in [1.29, 1.82) is 0 Å². The predicted molar refractivity (Wildman–Crippen MR) is 160 cm³/mol. The highest BCUT2D eigenvalue weighted by Crippen LogP contribution is 2.37. The molecule has 5 rings (SSSR count). The molecule has 0 atom stereocenters. The number of hydrogen-bond donors (Lipinski definition) is 1. The molecule has 1 N–H and O–H groups in total. The van der Waals surface area contributed by atoms with Gasteiger partial charge in [0.25, 0.3) is 0 Å². The van der Waals surface area contributed by atoms with Gasteiger partial charge in [0.15, 0.2) is 11.5 Å². The van der Waals surface area contributed by atoms with E-state index in [1.54, 1.807) is 14.2 Å². The fraction of sp³-hybridized carbons (Fsp3) is 0.394. The molecule has 0 aliphatic carbocycles. The third-order valence-corrected chi connectivity index (χ3v) is 6.89. The maximum absolute atomic E-state index is 7.00. The van der Waals surface area contributed by atoms with E-state index in [4.69, 9.17) is 24.1 Å². The number of aliphatic hydroxyl groups excluding tert-OH is 1. The minimum absolute atomic E-state index is 0.585. The van der Waals surface area contributed by atoms with E-state index in [-0.39, 0.29) is 0 Å². The summed E-state index contributed by atoms with van der Waals surface area (Å²) in [4.78, 5) is 2.46. The van der Waals surface area contributed by atoms with Crippen molar-refractivity contribution in [3.05, 3.63) is 70.8 Å². The quantitative estimate of drug-likeness (QED) is 0.335. The normalized spacial score (nSPS) is 14.2. The van der Waals surface area contributed by atoms with Crippen LogP contribution in [0.15, 0.2) is 48.5 Å². The van der Waals surface area contributed by atoms with Crippen molar-refractivity contribution in [2.24, 2.45) is 0 Å². The first-order chi connectivity index (χ1) is 19.2. The van der Waals surface area contributed by atoms with E-state index in [1.807, 2.05) is 19.9 Å². The maximum atomic E-state index is 7.00. The van der Waals surface area contributed by atoms with Gasteiger partial charge < -0.3 is 24.1 Å². The van der Waals surface area contributed by atoms with Crippen molar-refractivity contribution in [2.45, 2.75) is 40.2 Å². The van der Waals surface area contributed by atoms with Crippen LogP contribution in [0.3, 0.4) is 0 Å². The minimum atomic E-state index is 0.585. The molecule has 2 aliphatic rings. The van der Waals surface area contributed by atoms with Crippen LogP contribution >= 0.6 is 0 Å². The molecule has 0 unspecified atom stereocenters. The average Bonchev–Trinajstić information content (AvgIpc) is 3.52. The summed E-state index contributed by atoms with van der Waals surface area (Å²) < 4.78 is 23.0. The molecule has 0 aromatic heterocycles. The number of ether oxygens (including phenoxy) is 4. The molecule has 39 heavy (non-hydrogen) atoms. The first-order valence-electron chi connectivity index (χ1n) is 13.8. The van der Waals surface area contributed by atoms with Gasteiger partial charge in [-0.15, -0.1) is 0 Å². The second-order valence-electron chi connectivity index (χ2n) is 9.10. The van der Waals surface area contributed by atoms with Gasteiger partial charge in [-0.2, -0.15) is 0 Å². The number of hydrogen-bond acceptors (Lipinski definition) is 6. The SMILES string of the molecule is CC.CO.COc1cc(/C=C/c2cccc(-c3ccc4c(c3)OCCO4)c2C)cc(OC)c1CN1CCCC1. The monoisotopic (exact) mass is 533 g/mol. The number of aliphatic hydroxyl groups is 1. The summed E-state index contributed by atoms with van der Waals surface area (Å²) in [5.74, 6) is 3.36. The van der Waals surface area contributed by atoms with Crippen LogP contribution in [0.1, 0.15) is 48.9 Å². The Bertz CT molecular complexity index is 1210. The minimum Gasteiger partial charge on any atom is -0.496 e. The van der Waals surface area contributed by atoms with Gasteiger partial charge >= 0.3 is 0 Å². The number of likely N-dealkylation sites (tertiary alicyclic amines) is 1. The molecular formula is C33H43NO5. The van der Waals surface area contributed by atoms with Crippen LogP contribution in [-0.4, -0.2) is 57.6 Å². The summed E-state index contributed by atoms with van der Waals surface area (Å²) in [7, 11) is 4.47. The molecule has 3 aromatic rings. The lowest BCUT2D eigenvalue weighted by molar-refractivity contribution is 0.171. The molecule has 3 aromatic carbocycles. The Morgan fingerprint density at radius 2 is 1.49 bits per heavy atom. The Labute approximate surface area is 233 Å². The van der Waals surface area contributed by atoms with E-state index in [0.717, 1.165) is 72.0 Å². The van der Waals surface area contributed by atoms with Gasteiger partial charge in [0, 0.05) is 13.7 Å². The third-order valence-electron chi connectivity index (χ3n) is 6.89. The fourth-order valence-electron chi connectivity index (χ4n) is 4.96. The summed E-state index contributed by atoms with van der Waals surface area (Å²) in [5.41, 5.74) is 6.84. The molecule has 1 fully saturated rings. The maximum Gasteiger partial charge on any atom is 0.161 e. The van der Waals surface area contributed by atoms with E-state index >= 15 is 0 Å². The molecular weight excluding hydrogens is 490 g/mol. The highest BCUT2D eigenvalue weighted by Gasteiger charge is 2.19. The fourth-order valence-corrected chi connectivity index (χ4v) is 4.96. The van der Waals surface area contributed by atoms with Crippen LogP contribution in [0.2, 0.25) is 0 Å². The van der Waals surface area contributed by atoms with Crippen molar-refractivity contribution >= 4 is 12.2 Å². The molecule has 0 bridgehead atoms. The van der Waals surface area contributed by atoms with Crippen molar-refractivity contribution in [2.75, 3.05) is 47.6 Å². The van der Waals surface area contributed by atoms with Crippen molar-refractivity contribution in [3.8, 4) is 34.1 Å². The summed E-state index contributed by atoms with van der Waals surface area (Å²) in [6.07, 6.45) is 6.80. The lowest BCUT2D eigenvalue weighted by atomic mass is 9.95. The van der Waals surface area contributed by atoms with Crippen molar-refractivity contribution in [1.82, 2.24) is 4.90 Å². The zero-order chi connectivity index (χ0) is 28.2. The van der Waals surface area contributed by atoms with E-state index in [0.29, 0.717) is 13.2 Å². The first kappa shape index (κ1) is 30.1. The Morgan fingerprint density at radius 1 is 0.846 bits per heavy atom. The Balaban J connectivity index is 0.00000100. The molecule has 2 heterocycles. The molecule has 2 aliphatic heterocycles. The summed E-state index contributed by atoms with van der Waals surface area (Å²) in [6, 6.07) is 16.8. The Kier molecular flexibility index (Phi) is 11.7. The van der Waals surface area contributed by atoms with E-state index < -0.39 is 0 Å². The second-order valence-corrected chi connectivity index (χ2v) is 9.10. The number of fused-ring (bicyclic) bond motifs is 1. The van der Waals surface area contributed by atoms with Gasteiger partial charge in [0.05, 0.1) is 19.8 Å². The average molecular weight is 534 g/mol. The molecule has 0 saturated carbocycles. The summed E-state index contributed by atoms with van der Waals surface area (Å²) >= 11 is 0. The zero-order valence-electron chi connectivity index (χ0n) is 24.3. The summed E-state index contributed by atoms with van der Waals surface area (Å²) in [6.45, 7) is 10.5. The number of methoxy groups -OCH3 is 2. The van der Waals surface area contributed by atoms with Gasteiger partial charge in [-0.05, 0) is 84.9 Å². The van der Waals surface area contributed by atoms with Crippen LogP contribution in [-0.2, 0) is 6.54 Å². The Hall–Kier alpha value is -3.48. The van der Waals surface area contributed by atoms with E-state index in [2.05, 4.69) is 66.4 Å². The van der Waals surface area contributed by atoms with E-state index in [9.17, 15) is 0 Å². The Morgan fingerprint density at radius 3 is 2.13 bits per heavy atom. The zero-order valence-corrected chi connectivity index (χ0v) is 24.3. The first-order valence-corrected chi connectivity index (χ1v) is 13.8. The molecule has 0 spiro atoms. The molecule has 6 heteroatoms. The lowest BCUT2D eigenvalue weighted by Crippen LogP contribution is -2.19. The van der Waals surface area contributed by atoms with Gasteiger partial charge in [-0.1, -0.05) is 50.3 Å². The van der Waals surface area contributed by atoms with Gasteiger partial charge in [-0.25, -0.2) is 0 Å². The van der Waals surface area contributed by atoms with Gasteiger partial charge in [-0.3, -0.25) is 4.90 Å². The highest BCUT2D eigenvalue weighted by molar-refractivity contribution is 5.79. The standard InChI is InChI=1S/C30H33NO4.C2H6.CH4O/c1-21-23(7-6-8-25(21)24-11-12-27-30(19-24)35-16-15-34-27)10-9-22-17-28(32-2)26(29(18-22)33-3)20-31-13-4-5-14-31;2*1-2/h6-12,17-19H,4-5,13-16,20H2,1-3H3;1-2H3;2H,1H3/b10-9+;;. The van der Waals surface area contributed by atoms with Crippen LogP contribution < -0.4 is 18.9 Å². The molecule has 210 valence electrons. The highest BCUT2D eigenvalue weighted by atomic mass is 16.6. The molecule has 1 saturated heterocycles. The topological polar surface area (TPSA) is 60.4 Å². The molecule has 0 amide bonds. The van der Waals surface area contributed by atoms with Crippen LogP contribution in [0, 0.1) is 6.92 Å². The van der Waals surface area contributed by atoms with E-state index in [1.165, 1.54) is 24.0 Å². The number of nitrogens with zero attached hydrogens (tertiary/aromatic N) is 1. The van der Waals surface area contributed by atoms with Crippen molar-refractivity contribution < 1.29 is 24.1 Å². The number of benzene rings is 3. The van der Waals surface area contributed by atoms with Gasteiger partial charge in [0.2, 0.25) is 0 Å². The largest absolute Gasteiger partial charge is 0.496 e. The smallest absolute Gasteiger partial charge is 0.161 e. The predicted octanol–water partition coefficient (Wildman–Crippen LogP) is 6.85. The van der Waals surface area contributed by atoms with Crippen molar-refractivity contribution in [3.63, 3.8) is 0 Å². The van der Waals surface area contributed by atoms with Crippen LogP contribution in [0.5, 0.6) is 23.0 Å². The lowest BCUT2D eigenvalue weighted by Gasteiger charge is -2.20. The number of rotatable bonds is 7. The summed E-state index contributed by atoms with van der Waals surface area (Å²) in [5, 5.41) is 7.00. The molecule has 0 radical (unpaired) electrons.